The Hall–Kier alpha value is -1.22. The van der Waals surface area contributed by atoms with Gasteiger partial charge in [-0.25, -0.2) is 0 Å². The van der Waals surface area contributed by atoms with E-state index in [-0.39, 0.29) is 11.8 Å². The molecule has 1 heterocycles. The zero-order valence-corrected chi connectivity index (χ0v) is 50.8. The highest BCUT2D eigenvalue weighted by Gasteiger charge is 2.33. The number of piperazine rings is 1. The Morgan fingerprint density at radius 1 is 0.338 bits per heavy atom. The van der Waals surface area contributed by atoms with Crippen molar-refractivity contribution < 1.29 is 19.8 Å². The fourth-order valence-electron chi connectivity index (χ4n) is 11.8. The zero-order chi connectivity index (χ0) is 54.0. The summed E-state index contributed by atoms with van der Waals surface area (Å²) in [7, 11) is 0. The molecule has 440 valence electrons. The number of nitrogens with one attached hydrogen (secondary N) is 2. The highest BCUT2D eigenvalue weighted by molar-refractivity contribution is 5.96. The SMILES string of the molecule is CCCCCCCCCCCC(C)CN(CCCCC1NC(=O)C(CCCCN(CC(O)CCCCCCCCCCC)CC(O)CCCCCCCCCCC)NC1=O)CC(C)CCCCCCCCCCC. The minimum Gasteiger partial charge on any atom is -0.392 e. The summed E-state index contributed by atoms with van der Waals surface area (Å²) >= 11 is 0. The summed E-state index contributed by atoms with van der Waals surface area (Å²) in [6.07, 6.45) is 56.3. The molecule has 0 spiro atoms. The van der Waals surface area contributed by atoms with Crippen molar-refractivity contribution in [1.29, 1.82) is 0 Å². The average Bonchev–Trinajstić information content (AvgIpc) is 3.37. The molecule has 1 aliphatic rings. The third kappa shape index (κ3) is 43.7. The van der Waals surface area contributed by atoms with Crippen molar-refractivity contribution in [3.05, 3.63) is 0 Å². The average molecular weight is 1050 g/mol. The Bertz CT molecular complexity index is 1060. The van der Waals surface area contributed by atoms with Crippen molar-refractivity contribution in [3.63, 3.8) is 0 Å². The number of nitrogens with zero attached hydrogens (tertiary/aromatic N) is 2. The standard InChI is InChI=1S/C66H132N4O4/c1-7-11-15-19-23-27-31-35-39-47-59(5)55-69(56-60(6)48-40-36-32-28-24-20-16-12-8-2)53-45-43-51-63-65(73)68-64(66(74)67-63)52-44-46-54-70(57-61(71)49-41-37-33-29-25-21-17-13-9-3)58-62(72)50-42-38-34-30-26-22-18-14-10-4/h59-64,71-72H,7-58H2,1-6H3,(H,67,74)(H,68,73). The van der Waals surface area contributed by atoms with Crippen molar-refractivity contribution >= 4 is 11.8 Å². The van der Waals surface area contributed by atoms with E-state index < -0.39 is 24.3 Å². The van der Waals surface area contributed by atoms with Crippen LogP contribution in [0.5, 0.6) is 0 Å². The van der Waals surface area contributed by atoms with Gasteiger partial charge in [0.1, 0.15) is 12.1 Å². The molecule has 0 aromatic carbocycles. The molecule has 1 aliphatic heterocycles. The predicted octanol–water partition coefficient (Wildman–Crippen LogP) is 17.6. The Balaban J connectivity index is 2.61. The minimum absolute atomic E-state index is 0.0310. The van der Waals surface area contributed by atoms with Crippen LogP contribution in [-0.2, 0) is 9.59 Å². The summed E-state index contributed by atoms with van der Waals surface area (Å²) in [5.74, 6) is 1.32. The van der Waals surface area contributed by atoms with Gasteiger partial charge in [0.05, 0.1) is 12.2 Å². The van der Waals surface area contributed by atoms with Crippen molar-refractivity contribution in [2.75, 3.05) is 39.3 Å². The lowest BCUT2D eigenvalue weighted by atomic mass is 9.98. The van der Waals surface area contributed by atoms with Crippen LogP contribution in [0, 0.1) is 11.8 Å². The first-order valence-electron chi connectivity index (χ1n) is 33.5. The predicted molar refractivity (Wildman–Crippen MR) is 322 cm³/mol. The molecule has 1 saturated heterocycles. The second-order valence-corrected chi connectivity index (χ2v) is 24.6. The van der Waals surface area contributed by atoms with Crippen molar-refractivity contribution in [3.8, 4) is 0 Å². The first kappa shape index (κ1) is 70.8. The lowest BCUT2D eigenvalue weighted by molar-refractivity contribution is -0.137. The first-order valence-corrected chi connectivity index (χ1v) is 33.5. The zero-order valence-electron chi connectivity index (χ0n) is 50.8. The van der Waals surface area contributed by atoms with E-state index in [1.807, 2.05) is 0 Å². The summed E-state index contributed by atoms with van der Waals surface area (Å²) in [5.41, 5.74) is 0. The summed E-state index contributed by atoms with van der Waals surface area (Å²) in [5, 5.41) is 28.5. The molecule has 8 nitrogen and oxygen atoms in total. The number of aliphatic hydroxyl groups is 2. The lowest BCUT2D eigenvalue weighted by Gasteiger charge is -2.31. The van der Waals surface area contributed by atoms with E-state index in [9.17, 15) is 19.8 Å². The largest absolute Gasteiger partial charge is 0.392 e. The molecule has 6 unspecified atom stereocenters. The van der Waals surface area contributed by atoms with Crippen LogP contribution in [0.3, 0.4) is 0 Å². The van der Waals surface area contributed by atoms with Crippen LogP contribution in [0.15, 0.2) is 0 Å². The monoisotopic (exact) mass is 1050 g/mol. The van der Waals surface area contributed by atoms with E-state index in [2.05, 4.69) is 62.0 Å². The minimum atomic E-state index is -0.489. The van der Waals surface area contributed by atoms with Crippen LogP contribution in [0.25, 0.3) is 0 Å². The van der Waals surface area contributed by atoms with Crippen molar-refractivity contribution in [2.24, 2.45) is 11.8 Å². The van der Waals surface area contributed by atoms with Crippen LogP contribution < -0.4 is 10.6 Å². The van der Waals surface area contributed by atoms with Gasteiger partial charge in [-0.3, -0.25) is 14.5 Å². The summed E-state index contributed by atoms with van der Waals surface area (Å²) in [6.45, 7) is 19.4. The van der Waals surface area contributed by atoms with E-state index in [0.29, 0.717) is 37.8 Å². The van der Waals surface area contributed by atoms with E-state index in [1.54, 1.807) is 0 Å². The molecule has 8 heteroatoms. The molecule has 0 aromatic rings. The van der Waals surface area contributed by atoms with E-state index in [0.717, 1.165) is 64.5 Å². The van der Waals surface area contributed by atoms with Crippen LogP contribution in [0.4, 0.5) is 0 Å². The number of hydrogen-bond acceptors (Lipinski definition) is 6. The second kappa shape index (κ2) is 52.5. The van der Waals surface area contributed by atoms with Gasteiger partial charge in [0.25, 0.3) is 0 Å². The smallest absolute Gasteiger partial charge is 0.243 e. The Morgan fingerprint density at radius 3 is 0.865 bits per heavy atom. The van der Waals surface area contributed by atoms with Gasteiger partial charge in [-0.1, -0.05) is 273 Å². The Morgan fingerprint density at radius 2 is 0.581 bits per heavy atom. The molecule has 1 fully saturated rings. The summed E-state index contributed by atoms with van der Waals surface area (Å²) < 4.78 is 0. The molecular formula is C66H132N4O4. The molecule has 0 saturated carbocycles. The highest BCUT2D eigenvalue weighted by atomic mass is 16.3. The number of hydrogen-bond donors (Lipinski definition) is 4. The van der Waals surface area contributed by atoms with E-state index >= 15 is 0 Å². The van der Waals surface area contributed by atoms with Gasteiger partial charge in [-0.05, 0) is 89.1 Å². The maximum Gasteiger partial charge on any atom is 0.243 e. The molecule has 1 rings (SSSR count). The molecule has 4 N–H and O–H groups in total. The van der Waals surface area contributed by atoms with Crippen LogP contribution >= 0.6 is 0 Å². The number of aliphatic hydroxyl groups excluding tert-OH is 2. The number of carbonyl (C=O) groups is 2. The van der Waals surface area contributed by atoms with Gasteiger partial charge in [0.15, 0.2) is 0 Å². The van der Waals surface area contributed by atoms with Crippen LogP contribution in [0.1, 0.15) is 337 Å². The van der Waals surface area contributed by atoms with E-state index in [4.69, 9.17) is 0 Å². The fraction of sp³-hybridized carbons (Fsp3) is 0.970. The molecule has 0 aromatic heterocycles. The van der Waals surface area contributed by atoms with Gasteiger partial charge < -0.3 is 25.7 Å². The molecule has 74 heavy (non-hydrogen) atoms. The highest BCUT2D eigenvalue weighted by Crippen LogP contribution is 2.21. The van der Waals surface area contributed by atoms with Crippen molar-refractivity contribution in [1.82, 2.24) is 20.4 Å². The maximum atomic E-state index is 13.4. The van der Waals surface area contributed by atoms with Gasteiger partial charge >= 0.3 is 0 Å². The Kier molecular flexibility index (Phi) is 50.2. The third-order valence-electron chi connectivity index (χ3n) is 16.7. The third-order valence-corrected chi connectivity index (χ3v) is 16.7. The van der Waals surface area contributed by atoms with Crippen molar-refractivity contribution in [2.45, 2.75) is 361 Å². The van der Waals surface area contributed by atoms with Gasteiger partial charge in [-0.15, -0.1) is 0 Å². The quantitative estimate of drug-likeness (QED) is 0.0453. The number of amides is 2. The van der Waals surface area contributed by atoms with E-state index in [1.165, 1.54) is 244 Å². The molecule has 6 atom stereocenters. The summed E-state index contributed by atoms with van der Waals surface area (Å²) in [4.78, 5) is 31.8. The number of carbonyl (C=O) groups excluding carboxylic acids is 2. The van der Waals surface area contributed by atoms with Gasteiger partial charge in [-0.2, -0.15) is 0 Å². The fourth-order valence-corrected chi connectivity index (χ4v) is 11.8. The number of rotatable bonds is 58. The molecule has 2 amide bonds. The van der Waals surface area contributed by atoms with Gasteiger partial charge in [0.2, 0.25) is 11.8 Å². The topological polar surface area (TPSA) is 105 Å². The summed E-state index contributed by atoms with van der Waals surface area (Å²) in [6, 6.07) is -0.935. The normalized spacial score (nSPS) is 16.8. The molecular weight excluding hydrogens is 913 g/mol. The maximum absolute atomic E-state index is 13.4. The molecule has 0 bridgehead atoms. The molecule has 0 aliphatic carbocycles. The van der Waals surface area contributed by atoms with Crippen LogP contribution in [-0.4, -0.2) is 95.4 Å². The first-order chi connectivity index (χ1) is 36.1. The second-order valence-electron chi connectivity index (χ2n) is 24.6. The van der Waals surface area contributed by atoms with Gasteiger partial charge in [0, 0.05) is 26.2 Å². The molecule has 0 radical (unpaired) electrons. The number of unbranched alkanes of at least 4 members (excludes halogenated alkanes) is 34. The Labute approximate surface area is 462 Å². The lowest BCUT2D eigenvalue weighted by Crippen LogP contribution is -2.61. The van der Waals surface area contributed by atoms with Crippen LogP contribution in [0.2, 0.25) is 0 Å².